The molecule has 43 heteroatoms. The molecule has 10 aromatic rings. The number of aliphatic carboxylic acids is 3. The highest BCUT2D eigenvalue weighted by Gasteiger charge is 2.37. The molecule has 14 rings (SSSR count). The number of hydrogen-bond donors (Lipinski definition) is 6. The van der Waals surface area contributed by atoms with Crippen LogP contribution in [0.25, 0.3) is 40.9 Å². The number of aromatic hydroxyl groups is 2. The molecule has 4 aliphatic rings. The van der Waals surface area contributed by atoms with Crippen molar-refractivity contribution in [3.8, 4) is 17.2 Å². The van der Waals surface area contributed by atoms with Crippen LogP contribution >= 0.6 is 103 Å². The minimum Gasteiger partial charge on any atom is -0.508 e. The zero-order valence-electron chi connectivity index (χ0n) is 48.1. The first-order valence-electron chi connectivity index (χ1n) is 26.8. The van der Waals surface area contributed by atoms with Gasteiger partial charge < -0.3 is 34.8 Å². The maximum absolute atomic E-state index is 13.9. The normalized spacial score (nSPS) is 17.3. The van der Waals surface area contributed by atoms with E-state index in [0.29, 0.717) is 51.9 Å². The fraction of sp³-hybridized carbons (Fsp3) is 0.161. The number of phenolic OH excluding ortho intramolecular Hbond substituents is 2. The molecule has 4 aliphatic heterocycles. The summed E-state index contributed by atoms with van der Waals surface area (Å²) in [7, 11) is -5.98. The molecule has 0 amide bonds. The van der Waals surface area contributed by atoms with Crippen molar-refractivity contribution in [3.05, 3.63) is 157 Å². The summed E-state index contributed by atoms with van der Waals surface area (Å²) in [6.45, 7) is 0.126. The molecule has 6 aromatic carbocycles. The molecule has 0 unspecified atom stereocenters. The number of halogens is 11. The van der Waals surface area contributed by atoms with Crippen LogP contribution in [0.2, 0.25) is 0 Å². The molecule has 0 radical (unpaired) electrons. The second-order valence-electron chi connectivity index (χ2n) is 19.6. The number of hydrogen-bond acceptors (Lipinski definition) is 27. The number of aromatic nitrogens is 4. The van der Waals surface area contributed by atoms with E-state index >= 15 is 0 Å². The molecule has 99 heavy (non-hydrogen) atoms. The zero-order chi connectivity index (χ0) is 71.7. The average Bonchev–Trinajstić information content (AvgIpc) is 1.77. The van der Waals surface area contributed by atoms with Gasteiger partial charge in [-0.2, -0.15) is 8.42 Å². The lowest BCUT2D eigenvalue weighted by Crippen LogP contribution is -2.17. The number of para-hydroxylation sites is 1. The van der Waals surface area contributed by atoms with Crippen molar-refractivity contribution in [2.75, 3.05) is 29.6 Å². The van der Waals surface area contributed by atoms with Crippen molar-refractivity contribution in [3.63, 3.8) is 0 Å². The second-order valence-corrected chi connectivity index (χ2v) is 31.8. The molecule has 0 saturated carbocycles. The van der Waals surface area contributed by atoms with Crippen LogP contribution < -0.4 is 4.18 Å². The summed E-state index contributed by atoms with van der Waals surface area (Å²) in [6.07, 6.45) is 0. The molecule has 8 heterocycles. The highest BCUT2D eigenvalue weighted by atomic mass is 35.7. The first-order chi connectivity index (χ1) is 46.8. The van der Waals surface area contributed by atoms with Gasteiger partial charge in [0.15, 0.2) is 74.5 Å². The maximum Gasteiger partial charge on any atom is 0.345 e. The van der Waals surface area contributed by atoms with E-state index in [4.69, 9.17) is 20.4 Å². The summed E-state index contributed by atoms with van der Waals surface area (Å²) in [4.78, 5) is 62.9. The highest BCUT2D eigenvalue weighted by Crippen LogP contribution is 2.38. The Morgan fingerprint density at radius 3 is 1.14 bits per heavy atom. The molecule has 0 fully saturated rings. The van der Waals surface area contributed by atoms with Crippen LogP contribution in [-0.4, -0.2) is 159 Å². The molecule has 0 bridgehead atoms. The van der Waals surface area contributed by atoms with Crippen LogP contribution in [0, 0.1) is 58.2 Å². The Labute approximate surface area is 584 Å². The number of aliphatic hydroxyl groups is 1. The van der Waals surface area contributed by atoms with E-state index in [-0.39, 0.29) is 29.9 Å². The van der Waals surface area contributed by atoms with E-state index in [0.717, 1.165) is 65.2 Å². The highest BCUT2D eigenvalue weighted by molar-refractivity contribution is 8.16. The smallest absolute Gasteiger partial charge is 0.345 e. The number of carboxylic acid groups (broad SMARTS) is 3. The van der Waals surface area contributed by atoms with E-state index in [1.165, 1.54) is 68.7 Å². The predicted molar refractivity (Wildman–Crippen MR) is 356 cm³/mol. The van der Waals surface area contributed by atoms with E-state index in [1.807, 2.05) is 18.2 Å². The van der Waals surface area contributed by atoms with Gasteiger partial charge in [0, 0.05) is 39.8 Å². The van der Waals surface area contributed by atoms with Crippen molar-refractivity contribution in [2.45, 2.75) is 34.0 Å². The van der Waals surface area contributed by atoms with Crippen LogP contribution in [0.5, 0.6) is 17.2 Å². The van der Waals surface area contributed by atoms with Gasteiger partial charge >= 0.3 is 28.0 Å². The number of thioether (sulfide) groups is 4. The number of aliphatic imine (C=N–C) groups is 4. The standard InChI is InChI=1S/C17H7F5N2O5S3.2C11H8N2O3S2.C11H10N2OS2.C6ClF5O2S/c18-9-10(19)12(21)14(13(22)11(9)20)32(27,28)29-5-1-2-6-8(3-5)31-16(23-6)15-24-7(4-30-15)17(25)26;2*14-5-1-2-6-8(3-5)18-10(12-6)9-13-7(4-17-9)11(15)16;14-5-7-6-15-10(12-7)11-13-8-3-1-2-4-9(8)16-11;7-15(13,14)6-4(11)2(9)1(8)3(10)5(6)12/h1-3,7H,4H2,(H,25,26);2*1-3,7,14H,4H2,(H,15,16);1-4,7,14H,5-6H2;/t4*7-;/m1110./s1. The molecule has 4 aromatic heterocycles. The van der Waals surface area contributed by atoms with E-state index in [9.17, 15) is 85.3 Å². The molecular weight excluding hydrogens is 1550 g/mol. The molecule has 518 valence electrons. The fourth-order valence-corrected chi connectivity index (χ4v) is 18.7. The Balaban J connectivity index is 0.000000139. The Morgan fingerprint density at radius 2 is 0.778 bits per heavy atom. The Bertz CT molecular complexity index is 5090. The monoisotopic (exact) mass is 1590 g/mol. The van der Waals surface area contributed by atoms with Gasteiger partial charge in [-0.3, -0.25) is 20.0 Å². The van der Waals surface area contributed by atoms with Crippen molar-refractivity contribution in [2.24, 2.45) is 20.0 Å². The number of rotatable bonds is 12. The fourth-order valence-electron chi connectivity index (χ4n) is 8.27. The van der Waals surface area contributed by atoms with Crippen molar-refractivity contribution < 1.29 is 110 Å². The molecule has 0 saturated heterocycles. The van der Waals surface area contributed by atoms with Gasteiger partial charge in [-0.05, 0) is 60.7 Å². The van der Waals surface area contributed by atoms with Crippen molar-refractivity contribution in [1.29, 1.82) is 0 Å². The van der Waals surface area contributed by atoms with Crippen molar-refractivity contribution in [1.82, 2.24) is 19.9 Å². The summed E-state index contributed by atoms with van der Waals surface area (Å²) in [6, 6.07) is 19.3. The molecule has 22 nitrogen and oxygen atoms in total. The zero-order valence-corrected chi connectivity index (χ0v) is 57.0. The summed E-state index contributed by atoms with van der Waals surface area (Å²) >= 11 is 11.1. The largest absolute Gasteiger partial charge is 0.508 e. The van der Waals surface area contributed by atoms with Gasteiger partial charge in [-0.25, -0.2) is 86.6 Å². The third-order valence-corrected chi connectivity index (χ3v) is 24.4. The van der Waals surface area contributed by atoms with Gasteiger partial charge in [0.1, 0.15) is 57.5 Å². The molecule has 6 N–H and O–H groups in total. The van der Waals surface area contributed by atoms with Crippen LogP contribution in [0.15, 0.2) is 109 Å². The summed E-state index contributed by atoms with van der Waals surface area (Å²) in [5.74, 6) is -25.6. The van der Waals surface area contributed by atoms with E-state index < -0.39 is 129 Å². The molecular formula is C56H33ClF10N8O14S10. The Hall–Kier alpha value is -7.78. The second kappa shape index (κ2) is 30.6. The minimum atomic E-state index is -5.44. The molecule has 0 aliphatic carbocycles. The van der Waals surface area contributed by atoms with Crippen LogP contribution in [-0.2, 0) is 33.6 Å². The lowest BCUT2D eigenvalue weighted by Gasteiger charge is -2.10. The number of phenols is 2. The minimum absolute atomic E-state index is 0.0482. The average molecular weight is 1590 g/mol. The van der Waals surface area contributed by atoms with Gasteiger partial charge in [-0.15, -0.1) is 92.4 Å². The number of nitrogens with zero attached hydrogens (tertiary/aromatic N) is 8. The summed E-state index contributed by atoms with van der Waals surface area (Å²) in [5.41, 5.74) is 2.95. The number of thiazole rings is 4. The number of carboxylic acids is 3. The molecule has 4 atom stereocenters. The van der Waals surface area contributed by atoms with Gasteiger partial charge in [0.25, 0.3) is 9.05 Å². The topological polar surface area (TPSA) is 351 Å². The van der Waals surface area contributed by atoms with E-state index in [2.05, 4.69) is 60.8 Å². The number of aliphatic hydroxyl groups excluding tert-OH is 1. The first-order valence-corrected chi connectivity index (χ1v) is 37.7. The quantitative estimate of drug-likeness (QED) is 0.0217. The van der Waals surface area contributed by atoms with Gasteiger partial charge in [-0.1, -0.05) is 12.1 Å². The molecule has 0 spiro atoms. The van der Waals surface area contributed by atoms with E-state index in [1.54, 1.807) is 59.5 Å². The Kier molecular flexibility index (Phi) is 22.8. The van der Waals surface area contributed by atoms with Gasteiger partial charge in [0.2, 0.25) is 11.6 Å². The lowest BCUT2D eigenvalue weighted by molar-refractivity contribution is -0.138. The van der Waals surface area contributed by atoms with Gasteiger partial charge in [0.05, 0.1) is 53.5 Å². The van der Waals surface area contributed by atoms with Crippen LogP contribution in [0.4, 0.5) is 43.9 Å². The number of fused-ring (bicyclic) bond motifs is 4. The number of carbonyl (C=O) groups is 3. The Morgan fingerprint density at radius 1 is 0.444 bits per heavy atom. The summed E-state index contributed by atoms with van der Waals surface area (Å²) in [5, 5.41) is 60.0. The summed E-state index contributed by atoms with van der Waals surface area (Å²) < 4.78 is 184. The third-order valence-electron chi connectivity index (χ3n) is 12.9. The van der Waals surface area contributed by atoms with Crippen LogP contribution in [0.1, 0.15) is 20.0 Å². The number of benzene rings is 6. The SMILES string of the molecule is O=C(O)[C@H]1CSC(c2nc3ccc(O)cc3s2)=N1.O=C(O)[C@H]1CSC(c2nc3ccc(O)cc3s2)=N1.O=C(O)[C@H]1CSC(c2nc3ccc(OS(=O)(=O)c4c(F)c(F)c(F)c(F)c4F)cc3s2)=N1.O=S(=O)(Cl)c1c(F)c(F)c(F)c(F)c1F.OC[C@H]1CSC(c2nc3ccccc3s2)=N1. The van der Waals surface area contributed by atoms with Crippen molar-refractivity contribution >= 4 is 201 Å². The maximum atomic E-state index is 13.9. The predicted octanol–water partition coefficient (Wildman–Crippen LogP) is 12.1. The first kappa shape index (κ1) is 73.9. The lowest BCUT2D eigenvalue weighted by atomic mass is 10.3. The van der Waals surface area contributed by atoms with Crippen LogP contribution in [0.3, 0.4) is 0 Å². The third kappa shape index (κ3) is 16.7.